The molecule has 1 unspecified atom stereocenters. The maximum Gasteiger partial charge on any atom is 0.243 e. The average molecular weight is 412 g/mol. The summed E-state index contributed by atoms with van der Waals surface area (Å²) >= 11 is 5.18. The van der Waals surface area contributed by atoms with Crippen LogP contribution < -0.4 is 0 Å². The molecule has 0 aromatic heterocycles. The minimum atomic E-state index is -3.41. The van der Waals surface area contributed by atoms with Gasteiger partial charge in [-0.2, -0.15) is 16.1 Å². The van der Waals surface area contributed by atoms with Gasteiger partial charge in [0.25, 0.3) is 0 Å². The number of benzene rings is 2. The van der Waals surface area contributed by atoms with Crippen molar-refractivity contribution in [3.63, 3.8) is 0 Å². The van der Waals surface area contributed by atoms with Gasteiger partial charge in [-0.25, -0.2) is 8.42 Å². The molecule has 2 aromatic rings. The van der Waals surface area contributed by atoms with Gasteiger partial charge in [-0.05, 0) is 36.2 Å². The van der Waals surface area contributed by atoms with Crippen molar-refractivity contribution >= 4 is 37.7 Å². The first kappa shape index (κ1) is 17.0. The third-order valence-electron chi connectivity index (χ3n) is 3.92. The minimum Gasteiger partial charge on any atom is -0.207 e. The average Bonchev–Trinajstić information content (AvgIpc) is 2.83. The van der Waals surface area contributed by atoms with Gasteiger partial charge in [0, 0.05) is 28.6 Å². The standard InChI is InChI=1S/C17H18BrNO2S2/c18-15-6-8-16(9-7-15)23(20,21)19-11-10-17(22-13-12-19)14-4-2-1-3-5-14/h1-9,17H,10-13H2. The molecule has 1 aliphatic rings. The Bertz CT molecular complexity index is 748. The number of nitrogens with zero attached hydrogens (tertiary/aromatic N) is 1. The van der Waals surface area contributed by atoms with E-state index in [0.29, 0.717) is 23.2 Å². The van der Waals surface area contributed by atoms with Crippen LogP contribution in [0, 0.1) is 0 Å². The van der Waals surface area contributed by atoms with Gasteiger partial charge in [0.1, 0.15) is 0 Å². The first-order valence-electron chi connectivity index (χ1n) is 7.49. The van der Waals surface area contributed by atoms with E-state index in [1.165, 1.54) is 5.56 Å². The summed E-state index contributed by atoms with van der Waals surface area (Å²) in [5.41, 5.74) is 1.28. The van der Waals surface area contributed by atoms with Crippen LogP contribution in [0.3, 0.4) is 0 Å². The summed E-state index contributed by atoms with van der Waals surface area (Å²) in [6.07, 6.45) is 0.838. The molecule has 6 heteroatoms. The van der Waals surface area contributed by atoms with Crippen molar-refractivity contribution < 1.29 is 8.42 Å². The van der Waals surface area contributed by atoms with Crippen molar-refractivity contribution in [3.8, 4) is 0 Å². The van der Waals surface area contributed by atoms with E-state index in [9.17, 15) is 8.42 Å². The molecule has 1 saturated heterocycles. The highest BCUT2D eigenvalue weighted by atomic mass is 79.9. The topological polar surface area (TPSA) is 37.4 Å². The molecule has 0 N–H and O–H groups in total. The van der Waals surface area contributed by atoms with Crippen LogP contribution in [0.25, 0.3) is 0 Å². The van der Waals surface area contributed by atoms with E-state index in [1.54, 1.807) is 28.6 Å². The lowest BCUT2D eigenvalue weighted by molar-refractivity contribution is 0.428. The number of hydrogen-bond donors (Lipinski definition) is 0. The van der Waals surface area contributed by atoms with Gasteiger partial charge in [-0.1, -0.05) is 46.3 Å². The van der Waals surface area contributed by atoms with Crippen LogP contribution in [-0.4, -0.2) is 31.6 Å². The van der Waals surface area contributed by atoms with Crippen molar-refractivity contribution in [2.45, 2.75) is 16.6 Å². The van der Waals surface area contributed by atoms with Gasteiger partial charge in [0.15, 0.2) is 0 Å². The highest BCUT2D eigenvalue weighted by Gasteiger charge is 2.28. The van der Waals surface area contributed by atoms with E-state index in [1.807, 2.05) is 30.0 Å². The fraction of sp³-hybridized carbons (Fsp3) is 0.294. The second-order valence-electron chi connectivity index (χ2n) is 5.42. The fourth-order valence-electron chi connectivity index (χ4n) is 2.68. The molecule has 0 bridgehead atoms. The molecule has 0 saturated carbocycles. The lowest BCUT2D eigenvalue weighted by atomic mass is 10.1. The molecule has 0 amide bonds. The minimum absolute atomic E-state index is 0.362. The van der Waals surface area contributed by atoms with Crippen molar-refractivity contribution in [1.82, 2.24) is 4.31 Å². The van der Waals surface area contributed by atoms with E-state index in [4.69, 9.17) is 0 Å². The highest BCUT2D eigenvalue weighted by molar-refractivity contribution is 9.10. The zero-order valence-corrected chi connectivity index (χ0v) is 15.8. The second-order valence-corrected chi connectivity index (χ2v) is 9.58. The summed E-state index contributed by atoms with van der Waals surface area (Å²) in [7, 11) is -3.41. The Kier molecular flexibility index (Phi) is 5.46. The maximum atomic E-state index is 12.8. The van der Waals surface area contributed by atoms with Crippen LogP contribution in [0.1, 0.15) is 17.2 Å². The lowest BCUT2D eigenvalue weighted by Gasteiger charge is -2.20. The highest BCUT2D eigenvalue weighted by Crippen LogP contribution is 2.35. The molecule has 122 valence electrons. The van der Waals surface area contributed by atoms with Crippen LogP contribution in [0.2, 0.25) is 0 Å². The molecule has 2 aromatic carbocycles. The monoisotopic (exact) mass is 411 g/mol. The molecule has 1 heterocycles. The maximum absolute atomic E-state index is 12.8. The Morgan fingerprint density at radius 1 is 1.00 bits per heavy atom. The third kappa shape index (κ3) is 3.99. The Labute approximate surface area is 150 Å². The van der Waals surface area contributed by atoms with Gasteiger partial charge in [0.05, 0.1) is 4.90 Å². The summed E-state index contributed by atoms with van der Waals surface area (Å²) in [5.74, 6) is 0.815. The van der Waals surface area contributed by atoms with Crippen molar-refractivity contribution in [3.05, 3.63) is 64.6 Å². The van der Waals surface area contributed by atoms with Gasteiger partial charge < -0.3 is 0 Å². The first-order valence-corrected chi connectivity index (χ1v) is 10.8. The van der Waals surface area contributed by atoms with Crippen LogP contribution in [-0.2, 0) is 10.0 Å². The van der Waals surface area contributed by atoms with Gasteiger partial charge in [-0.3, -0.25) is 0 Å². The summed E-state index contributed by atoms with van der Waals surface area (Å²) in [5, 5.41) is 0.362. The summed E-state index contributed by atoms with van der Waals surface area (Å²) in [6.45, 7) is 1.12. The van der Waals surface area contributed by atoms with Gasteiger partial charge >= 0.3 is 0 Å². The zero-order chi connectivity index (χ0) is 16.3. The zero-order valence-electron chi connectivity index (χ0n) is 12.6. The molecule has 0 radical (unpaired) electrons. The largest absolute Gasteiger partial charge is 0.243 e. The smallest absolute Gasteiger partial charge is 0.207 e. The van der Waals surface area contributed by atoms with Crippen LogP contribution in [0.4, 0.5) is 0 Å². The van der Waals surface area contributed by atoms with E-state index in [-0.39, 0.29) is 0 Å². The molecule has 1 aliphatic heterocycles. The Morgan fingerprint density at radius 3 is 2.39 bits per heavy atom. The first-order chi connectivity index (χ1) is 11.1. The molecule has 1 fully saturated rings. The summed E-state index contributed by atoms with van der Waals surface area (Å²) < 4.78 is 28.1. The number of halogens is 1. The van der Waals surface area contributed by atoms with Crippen molar-refractivity contribution in [2.24, 2.45) is 0 Å². The molecular weight excluding hydrogens is 394 g/mol. The van der Waals surface area contributed by atoms with E-state index in [0.717, 1.165) is 16.6 Å². The Balaban J connectivity index is 1.76. The predicted octanol–water partition coefficient (Wildman–Crippen LogP) is 4.32. The Morgan fingerprint density at radius 2 is 1.70 bits per heavy atom. The normalized spacial score (nSPS) is 20.1. The van der Waals surface area contributed by atoms with E-state index in [2.05, 4.69) is 28.1 Å². The SMILES string of the molecule is O=S(=O)(c1ccc(Br)cc1)N1CCSC(c2ccccc2)CC1. The Hall–Kier alpha value is -0.820. The molecule has 1 atom stereocenters. The summed E-state index contributed by atoms with van der Waals surface area (Å²) in [4.78, 5) is 0.365. The third-order valence-corrected chi connectivity index (χ3v) is 7.69. The number of sulfonamides is 1. The molecular formula is C17H18BrNO2S2. The fourth-order valence-corrected chi connectivity index (χ4v) is 5.75. The summed E-state index contributed by atoms with van der Waals surface area (Å²) in [6, 6.07) is 17.2. The van der Waals surface area contributed by atoms with E-state index >= 15 is 0 Å². The molecule has 0 aliphatic carbocycles. The van der Waals surface area contributed by atoms with Crippen molar-refractivity contribution in [1.29, 1.82) is 0 Å². The van der Waals surface area contributed by atoms with Gasteiger partial charge in [0.2, 0.25) is 10.0 Å². The van der Waals surface area contributed by atoms with Crippen LogP contribution in [0.15, 0.2) is 64.0 Å². The lowest BCUT2D eigenvalue weighted by Crippen LogP contribution is -2.33. The molecule has 23 heavy (non-hydrogen) atoms. The van der Waals surface area contributed by atoms with Gasteiger partial charge in [-0.15, -0.1) is 0 Å². The molecule has 3 rings (SSSR count). The van der Waals surface area contributed by atoms with Crippen LogP contribution in [0.5, 0.6) is 0 Å². The predicted molar refractivity (Wildman–Crippen MR) is 99.2 cm³/mol. The second kappa shape index (κ2) is 7.38. The number of hydrogen-bond acceptors (Lipinski definition) is 3. The quantitative estimate of drug-likeness (QED) is 0.754. The van der Waals surface area contributed by atoms with Crippen molar-refractivity contribution in [2.75, 3.05) is 18.8 Å². The number of rotatable bonds is 3. The number of thioether (sulfide) groups is 1. The van der Waals surface area contributed by atoms with E-state index < -0.39 is 10.0 Å². The molecule has 3 nitrogen and oxygen atoms in total. The van der Waals surface area contributed by atoms with Crippen LogP contribution >= 0.6 is 27.7 Å². The molecule has 0 spiro atoms.